The van der Waals surface area contributed by atoms with E-state index in [9.17, 15) is 14.9 Å². The van der Waals surface area contributed by atoms with Crippen molar-refractivity contribution >= 4 is 17.3 Å². The van der Waals surface area contributed by atoms with Gasteiger partial charge in [0, 0.05) is 30.3 Å². The van der Waals surface area contributed by atoms with E-state index in [2.05, 4.69) is 5.32 Å². The molecule has 1 aromatic rings. The number of carbonyl (C=O) groups excluding carboxylic acids is 1. The van der Waals surface area contributed by atoms with Crippen LogP contribution in [0.15, 0.2) is 12.1 Å². The Morgan fingerprint density at radius 1 is 1.41 bits per heavy atom. The molecule has 0 spiro atoms. The Hall–Kier alpha value is -1.95. The number of carbonyl (C=O) groups is 1. The van der Waals surface area contributed by atoms with E-state index in [1.54, 1.807) is 19.9 Å². The second-order valence-corrected chi connectivity index (χ2v) is 3.80. The van der Waals surface area contributed by atoms with Crippen LogP contribution in [0.2, 0.25) is 0 Å². The van der Waals surface area contributed by atoms with Crippen molar-refractivity contribution in [3.05, 3.63) is 33.4 Å². The number of nitrogens with one attached hydrogen (secondary N) is 1. The topological polar surface area (TPSA) is 98.3 Å². The number of anilines is 1. The van der Waals surface area contributed by atoms with E-state index in [0.29, 0.717) is 16.8 Å². The summed E-state index contributed by atoms with van der Waals surface area (Å²) in [5.74, 6) is -0.191. The normalized spacial score (nSPS) is 10.1. The average Bonchev–Trinajstić information content (AvgIpc) is 2.22. The van der Waals surface area contributed by atoms with Crippen molar-refractivity contribution < 1.29 is 9.72 Å². The van der Waals surface area contributed by atoms with Crippen LogP contribution in [0.4, 0.5) is 11.4 Å². The number of nitro benzene ring substituents is 1. The van der Waals surface area contributed by atoms with E-state index >= 15 is 0 Å². The molecule has 6 nitrogen and oxygen atoms in total. The van der Waals surface area contributed by atoms with E-state index in [1.165, 1.54) is 6.07 Å². The van der Waals surface area contributed by atoms with Crippen molar-refractivity contribution in [1.29, 1.82) is 0 Å². The number of amides is 1. The van der Waals surface area contributed by atoms with Gasteiger partial charge in [0.05, 0.1) is 4.92 Å². The fraction of sp³-hybridized carbons (Fsp3) is 0.364. The molecule has 0 unspecified atom stereocenters. The van der Waals surface area contributed by atoms with Gasteiger partial charge in [-0.1, -0.05) is 0 Å². The molecule has 1 amide bonds. The third kappa shape index (κ3) is 3.25. The Labute approximate surface area is 99.0 Å². The van der Waals surface area contributed by atoms with Crippen molar-refractivity contribution in [1.82, 2.24) is 0 Å². The molecule has 1 aromatic carbocycles. The molecular formula is C11H15N3O3. The van der Waals surface area contributed by atoms with Gasteiger partial charge in [0.25, 0.3) is 5.69 Å². The smallest absolute Gasteiger partial charge is 0.272 e. The molecule has 0 aliphatic heterocycles. The summed E-state index contributed by atoms with van der Waals surface area (Å²) in [6.07, 6.45) is 0.232. The highest BCUT2D eigenvalue weighted by molar-refractivity contribution is 5.92. The summed E-state index contributed by atoms with van der Waals surface area (Å²) in [5.41, 5.74) is 7.09. The summed E-state index contributed by atoms with van der Waals surface area (Å²) in [6.45, 7) is 3.62. The van der Waals surface area contributed by atoms with Gasteiger partial charge < -0.3 is 11.1 Å². The summed E-state index contributed by atoms with van der Waals surface area (Å²) in [6, 6.07) is 3.05. The zero-order chi connectivity index (χ0) is 13.0. The van der Waals surface area contributed by atoms with Gasteiger partial charge in [-0.05, 0) is 25.5 Å². The maximum atomic E-state index is 11.4. The minimum Gasteiger partial charge on any atom is -0.330 e. The molecule has 92 valence electrons. The van der Waals surface area contributed by atoms with Gasteiger partial charge in [0.15, 0.2) is 0 Å². The van der Waals surface area contributed by atoms with Gasteiger partial charge in [-0.25, -0.2) is 0 Å². The van der Waals surface area contributed by atoms with Crippen LogP contribution < -0.4 is 11.1 Å². The van der Waals surface area contributed by atoms with Gasteiger partial charge in [-0.15, -0.1) is 0 Å². The Bertz CT molecular complexity index is 458. The molecule has 0 saturated carbocycles. The van der Waals surface area contributed by atoms with E-state index < -0.39 is 4.92 Å². The minimum atomic E-state index is -0.437. The standard InChI is InChI=1S/C11H15N3O3/c1-7-6-10(14(16)17)8(2)5-9(7)13-11(15)3-4-12/h5-6H,3-4,12H2,1-2H3,(H,13,15). The van der Waals surface area contributed by atoms with Gasteiger partial charge in [-0.2, -0.15) is 0 Å². The molecule has 0 bridgehead atoms. The van der Waals surface area contributed by atoms with Gasteiger partial charge in [0.1, 0.15) is 0 Å². The first kappa shape index (κ1) is 13.1. The summed E-state index contributed by atoms with van der Waals surface area (Å²) in [5, 5.41) is 13.4. The van der Waals surface area contributed by atoms with E-state index in [-0.39, 0.29) is 24.6 Å². The number of benzene rings is 1. The Kier molecular flexibility index (Phi) is 4.17. The SMILES string of the molecule is Cc1cc([N+](=O)[O-])c(C)cc1NC(=O)CCN. The van der Waals surface area contributed by atoms with Crippen LogP contribution in [0.3, 0.4) is 0 Å². The maximum absolute atomic E-state index is 11.4. The molecule has 0 aliphatic rings. The summed E-state index contributed by atoms with van der Waals surface area (Å²) < 4.78 is 0. The number of hydrogen-bond acceptors (Lipinski definition) is 4. The molecule has 17 heavy (non-hydrogen) atoms. The number of hydrogen-bond donors (Lipinski definition) is 2. The highest BCUT2D eigenvalue weighted by Crippen LogP contribution is 2.25. The third-order valence-corrected chi connectivity index (χ3v) is 2.39. The van der Waals surface area contributed by atoms with Crippen LogP contribution in [-0.2, 0) is 4.79 Å². The first-order valence-corrected chi connectivity index (χ1v) is 5.21. The molecule has 0 radical (unpaired) electrons. The third-order valence-electron chi connectivity index (χ3n) is 2.39. The zero-order valence-corrected chi connectivity index (χ0v) is 9.82. The molecule has 6 heteroatoms. The quantitative estimate of drug-likeness (QED) is 0.612. The fourth-order valence-electron chi connectivity index (χ4n) is 1.48. The lowest BCUT2D eigenvalue weighted by molar-refractivity contribution is -0.385. The Morgan fingerprint density at radius 3 is 2.59 bits per heavy atom. The van der Waals surface area contributed by atoms with Gasteiger partial charge in [-0.3, -0.25) is 14.9 Å². The lowest BCUT2D eigenvalue weighted by Crippen LogP contribution is -2.17. The highest BCUT2D eigenvalue weighted by Gasteiger charge is 2.14. The second kappa shape index (κ2) is 5.40. The van der Waals surface area contributed by atoms with E-state index in [0.717, 1.165) is 0 Å². The van der Waals surface area contributed by atoms with Crippen LogP contribution >= 0.6 is 0 Å². The Balaban J connectivity index is 2.99. The van der Waals surface area contributed by atoms with Crippen LogP contribution in [-0.4, -0.2) is 17.4 Å². The van der Waals surface area contributed by atoms with Crippen molar-refractivity contribution in [2.24, 2.45) is 5.73 Å². The molecule has 1 rings (SSSR count). The summed E-state index contributed by atoms with van der Waals surface area (Å²) >= 11 is 0. The van der Waals surface area contributed by atoms with Crippen molar-refractivity contribution in [2.75, 3.05) is 11.9 Å². The molecule has 0 aromatic heterocycles. The maximum Gasteiger partial charge on any atom is 0.272 e. The number of aryl methyl sites for hydroxylation is 2. The number of nitrogens with zero attached hydrogens (tertiary/aromatic N) is 1. The summed E-state index contributed by atoms with van der Waals surface area (Å²) in [7, 11) is 0. The molecule has 3 N–H and O–H groups in total. The predicted octanol–water partition coefficient (Wildman–Crippen LogP) is 1.50. The highest BCUT2D eigenvalue weighted by atomic mass is 16.6. The van der Waals surface area contributed by atoms with Crippen molar-refractivity contribution in [3.8, 4) is 0 Å². The van der Waals surface area contributed by atoms with Crippen LogP contribution in [0.1, 0.15) is 17.5 Å². The largest absolute Gasteiger partial charge is 0.330 e. The molecular weight excluding hydrogens is 222 g/mol. The zero-order valence-electron chi connectivity index (χ0n) is 9.82. The monoisotopic (exact) mass is 237 g/mol. The predicted molar refractivity (Wildman–Crippen MR) is 64.9 cm³/mol. The molecule has 0 fully saturated rings. The lowest BCUT2D eigenvalue weighted by Gasteiger charge is -2.09. The minimum absolute atomic E-state index is 0.0549. The molecule has 0 heterocycles. The van der Waals surface area contributed by atoms with Crippen molar-refractivity contribution in [2.45, 2.75) is 20.3 Å². The first-order chi connectivity index (χ1) is 7.95. The number of nitro groups is 1. The van der Waals surface area contributed by atoms with Gasteiger partial charge >= 0.3 is 0 Å². The van der Waals surface area contributed by atoms with Crippen LogP contribution in [0.5, 0.6) is 0 Å². The molecule has 0 saturated heterocycles. The number of rotatable bonds is 4. The lowest BCUT2D eigenvalue weighted by atomic mass is 10.1. The average molecular weight is 237 g/mol. The first-order valence-electron chi connectivity index (χ1n) is 5.21. The van der Waals surface area contributed by atoms with E-state index in [4.69, 9.17) is 5.73 Å². The number of nitrogens with two attached hydrogens (primary N) is 1. The van der Waals surface area contributed by atoms with E-state index in [1.807, 2.05) is 0 Å². The van der Waals surface area contributed by atoms with Gasteiger partial charge in [0.2, 0.25) is 5.91 Å². The summed E-state index contributed by atoms with van der Waals surface area (Å²) in [4.78, 5) is 21.6. The second-order valence-electron chi connectivity index (χ2n) is 3.80. The Morgan fingerprint density at radius 2 is 2.06 bits per heavy atom. The van der Waals surface area contributed by atoms with Crippen molar-refractivity contribution in [3.63, 3.8) is 0 Å². The fourth-order valence-corrected chi connectivity index (χ4v) is 1.48. The van der Waals surface area contributed by atoms with Crippen LogP contribution in [0, 0.1) is 24.0 Å². The molecule has 0 aliphatic carbocycles. The molecule has 0 atom stereocenters. The van der Waals surface area contributed by atoms with Crippen LogP contribution in [0.25, 0.3) is 0 Å².